The lowest BCUT2D eigenvalue weighted by atomic mass is 10.0. The van der Waals surface area contributed by atoms with Crippen molar-refractivity contribution < 1.29 is 14.7 Å². The van der Waals surface area contributed by atoms with E-state index < -0.39 is 12.0 Å². The average Bonchev–Trinajstić information content (AvgIpc) is 2.38. The monoisotopic (exact) mass is 262 g/mol. The summed E-state index contributed by atoms with van der Waals surface area (Å²) >= 11 is 0. The molecule has 1 heterocycles. The van der Waals surface area contributed by atoms with Crippen molar-refractivity contribution in [2.45, 2.75) is 19.0 Å². The van der Waals surface area contributed by atoms with Gasteiger partial charge < -0.3 is 10.0 Å². The first kappa shape index (κ1) is 13.5. The summed E-state index contributed by atoms with van der Waals surface area (Å²) in [5.41, 5.74) is 1.02. The van der Waals surface area contributed by atoms with E-state index in [4.69, 9.17) is 0 Å². The Labute approximate surface area is 112 Å². The molecule has 1 aliphatic heterocycles. The van der Waals surface area contributed by atoms with E-state index in [0.29, 0.717) is 0 Å². The van der Waals surface area contributed by atoms with E-state index in [1.807, 2.05) is 37.3 Å². The van der Waals surface area contributed by atoms with Gasteiger partial charge in [-0.1, -0.05) is 30.3 Å². The fraction of sp³-hybridized carbons (Fsp3) is 0.429. The fourth-order valence-electron chi connectivity index (χ4n) is 2.39. The number of carbonyl (C=O) groups is 2. The maximum absolute atomic E-state index is 12.1. The second-order valence-corrected chi connectivity index (χ2v) is 4.90. The minimum atomic E-state index is -0.889. The van der Waals surface area contributed by atoms with E-state index in [-0.39, 0.29) is 25.0 Å². The molecular weight excluding hydrogens is 244 g/mol. The molecule has 0 bridgehead atoms. The maximum Gasteiger partial charge on any atom is 0.322 e. The van der Waals surface area contributed by atoms with E-state index >= 15 is 0 Å². The third-order valence-electron chi connectivity index (χ3n) is 3.64. The molecule has 19 heavy (non-hydrogen) atoms. The van der Waals surface area contributed by atoms with Crippen molar-refractivity contribution in [3.05, 3.63) is 35.9 Å². The van der Waals surface area contributed by atoms with Crippen molar-refractivity contribution in [3.63, 3.8) is 0 Å². The SMILES string of the molecule is CC(c1ccccc1)N1CC(C(=O)O)N(C)CC1=O. The molecule has 1 amide bonds. The molecule has 1 saturated heterocycles. The van der Waals surface area contributed by atoms with Gasteiger partial charge in [-0.25, -0.2) is 0 Å². The van der Waals surface area contributed by atoms with Crippen LogP contribution in [-0.4, -0.2) is 53.0 Å². The summed E-state index contributed by atoms with van der Waals surface area (Å²) in [6, 6.07) is 8.91. The zero-order chi connectivity index (χ0) is 14.0. The van der Waals surface area contributed by atoms with Crippen LogP contribution >= 0.6 is 0 Å². The molecule has 1 aromatic rings. The second-order valence-electron chi connectivity index (χ2n) is 4.90. The highest BCUT2D eigenvalue weighted by Gasteiger charge is 2.36. The highest BCUT2D eigenvalue weighted by atomic mass is 16.4. The Morgan fingerprint density at radius 3 is 2.58 bits per heavy atom. The summed E-state index contributed by atoms with van der Waals surface area (Å²) in [6.07, 6.45) is 0. The number of hydrogen-bond donors (Lipinski definition) is 1. The van der Waals surface area contributed by atoms with Crippen molar-refractivity contribution >= 4 is 11.9 Å². The van der Waals surface area contributed by atoms with Gasteiger partial charge in [0.05, 0.1) is 12.6 Å². The predicted molar refractivity (Wildman–Crippen MR) is 70.6 cm³/mol. The van der Waals surface area contributed by atoms with Crippen LogP contribution in [0.5, 0.6) is 0 Å². The van der Waals surface area contributed by atoms with Crippen LogP contribution in [0.2, 0.25) is 0 Å². The minimum absolute atomic E-state index is 0.0312. The quantitative estimate of drug-likeness (QED) is 0.882. The first-order valence-corrected chi connectivity index (χ1v) is 6.28. The molecule has 5 nitrogen and oxygen atoms in total. The van der Waals surface area contributed by atoms with Crippen LogP contribution in [0, 0.1) is 0 Å². The number of likely N-dealkylation sites (N-methyl/N-ethyl adjacent to an activating group) is 1. The molecule has 2 unspecified atom stereocenters. The van der Waals surface area contributed by atoms with Crippen molar-refractivity contribution in [2.75, 3.05) is 20.1 Å². The first-order chi connectivity index (χ1) is 9.00. The molecule has 0 aliphatic carbocycles. The van der Waals surface area contributed by atoms with E-state index in [9.17, 15) is 14.7 Å². The summed E-state index contributed by atoms with van der Waals surface area (Å²) in [5.74, 6) is -0.920. The van der Waals surface area contributed by atoms with Gasteiger partial charge in [0, 0.05) is 6.54 Å². The van der Waals surface area contributed by atoms with E-state index in [1.54, 1.807) is 16.8 Å². The van der Waals surface area contributed by atoms with Crippen LogP contribution in [-0.2, 0) is 9.59 Å². The summed E-state index contributed by atoms with van der Waals surface area (Å²) in [7, 11) is 1.67. The average molecular weight is 262 g/mol. The molecule has 1 fully saturated rings. The number of rotatable bonds is 3. The van der Waals surface area contributed by atoms with Crippen molar-refractivity contribution in [1.82, 2.24) is 9.80 Å². The topological polar surface area (TPSA) is 60.9 Å². The molecule has 2 atom stereocenters. The number of amides is 1. The second kappa shape index (κ2) is 5.40. The van der Waals surface area contributed by atoms with Crippen molar-refractivity contribution in [1.29, 1.82) is 0 Å². The van der Waals surface area contributed by atoms with E-state index in [0.717, 1.165) is 5.56 Å². The third kappa shape index (κ3) is 2.76. The number of carboxylic acid groups (broad SMARTS) is 1. The molecule has 0 spiro atoms. The summed E-state index contributed by atoms with van der Waals surface area (Å²) in [4.78, 5) is 26.5. The van der Waals surface area contributed by atoms with Crippen LogP contribution in [0.3, 0.4) is 0 Å². The minimum Gasteiger partial charge on any atom is -0.480 e. The van der Waals surface area contributed by atoms with Gasteiger partial charge in [-0.3, -0.25) is 14.5 Å². The zero-order valence-electron chi connectivity index (χ0n) is 11.1. The highest BCUT2D eigenvalue weighted by Crippen LogP contribution is 2.23. The Bertz CT molecular complexity index is 475. The number of carboxylic acids is 1. The third-order valence-corrected chi connectivity index (χ3v) is 3.64. The van der Waals surface area contributed by atoms with Gasteiger partial charge in [-0.2, -0.15) is 0 Å². The molecule has 5 heteroatoms. The lowest BCUT2D eigenvalue weighted by Crippen LogP contribution is -2.57. The molecule has 0 radical (unpaired) electrons. The largest absolute Gasteiger partial charge is 0.480 e. The molecule has 102 valence electrons. The van der Waals surface area contributed by atoms with Gasteiger partial charge in [0.15, 0.2) is 0 Å². The number of aliphatic carboxylic acids is 1. The molecule has 0 aromatic heterocycles. The van der Waals surface area contributed by atoms with Gasteiger partial charge in [0.25, 0.3) is 0 Å². The lowest BCUT2D eigenvalue weighted by molar-refractivity contribution is -0.152. The zero-order valence-corrected chi connectivity index (χ0v) is 11.1. The van der Waals surface area contributed by atoms with Gasteiger partial charge in [-0.05, 0) is 19.5 Å². The number of nitrogens with zero attached hydrogens (tertiary/aromatic N) is 2. The number of benzene rings is 1. The standard InChI is InChI=1S/C14H18N2O3/c1-10(11-6-4-3-5-7-11)16-8-12(14(18)19)15(2)9-13(16)17/h3-7,10,12H,8-9H2,1-2H3,(H,18,19). The Balaban J connectivity index is 2.19. The van der Waals surface area contributed by atoms with Gasteiger partial charge in [-0.15, -0.1) is 0 Å². The Morgan fingerprint density at radius 1 is 1.37 bits per heavy atom. The van der Waals surface area contributed by atoms with Gasteiger partial charge >= 0.3 is 5.97 Å². The molecule has 1 aromatic carbocycles. The van der Waals surface area contributed by atoms with Crippen molar-refractivity contribution in [2.24, 2.45) is 0 Å². The summed E-state index contributed by atoms with van der Waals surface area (Å²) < 4.78 is 0. The number of carbonyl (C=O) groups excluding carboxylic acids is 1. The van der Waals surface area contributed by atoms with Crippen LogP contribution in [0.4, 0.5) is 0 Å². The number of piperazine rings is 1. The van der Waals surface area contributed by atoms with Crippen LogP contribution in [0.25, 0.3) is 0 Å². The number of hydrogen-bond acceptors (Lipinski definition) is 3. The fourth-order valence-corrected chi connectivity index (χ4v) is 2.39. The van der Waals surface area contributed by atoms with E-state index in [2.05, 4.69) is 0 Å². The Kier molecular flexibility index (Phi) is 3.85. The van der Waals surface area contributed by atoms with Gasteiger partial charge in [0.2, 0.25) is 5.91 Å². The first-order valence-electron chi connectivity index (χ1n) is 6.28. The van der Waals surface area contributed by atoms with Crippen LogP contribution in [0.15, 0.2) is 30.3 Å². The lowest BCUT2D eigenvalue weighted by Gasteiger charge is -2.40. The smallest absolute Gasteiger partial charge is 0.322 e. The van der Waals surface area contributed by atoms with Crippen molar-refractivity contribution in [3.8, 4) is 0 Å². The van der Waals surface area contributed by atoms with Crippen LogP contribution in [0.1, 0.15) is 18.5 Å². The van der Waals surface area contributed by atoms with E-state index in [1.165, 1.54) is 0 Å². The molecule has 1 aliphatic rings. The maximum atomic E-state index is 12.1. The molecule has 0 saturated carbocycles. The van der Waals surface area contributed by atoms with Crippen LogP contribution < -0.4 is 0 Å². The normalized spacial score (nSPS) is 22.3. The molecule has 1 N–H and O–H groups in total. The summed E-state index contributed by atoms with van der Waals surface area (Å²) in [6.45, 7) is 2.30. The van der Waals surface area contributed by atoms with Gasteiger partial charge in [0.1, 0.15) is 6.04 Å². The Hall–Kier alpha value is -1.88. The highest BCUT2D eigenvalue weighted by molar-refractivity contribution is 5.83. The Morgan fingerprint density at radius 2 is 2.00 bits per heavy atom. The molecular formula is C14H18N2O3. The summed E-state index contributed by atoms with van der Waals surface area (Å²) in [5, 5.41) is 9.19. The predicted octanol–water partition coefficient (Wildman–Crippen LogP) is 0.975. The molecule has 2 rings (SSSR count).